The van der Waals surface area contributed by atoms with Gasteiger partial charge in [-0.2, -0.15) is 0 Å². The van der Waals surface area contributed by atoms with Crippen LogP contribution in [0.25, 0.3) is 0 Å². The molecule has 2 aromatic carbocycles. The molecule has 0 saturated carbocycles. The van der Waals surface area contributed by atoms with E-state index in [9.17, 15) is 4.79 Å². The van der Waals surface area contributed by atoms with Gasteiger partial charge in [-0.1, -0.05) is 36.4 Å². The minimum atomic E-state index is -0.107. The number of ether oxygens (including phenoxy) is 1. The van der Waals surface area contributed by atoms with Crippen LogP contribution in [0.3, 0.4) is 0 Å². The van der Waals surface area contributed by atoms with Gasteiger partial charge >= 0.3 is 0 Å². The zero-order chi connectivity index (χ0) is 12.5. The lowest BCUT2D eigenvalue weighted by Crippen LogP contribution is -2.10. The van der Waals surface area contributed by atoms with E-state index in [2.05, 4.69) is 0 Å². The summed E-state index contributed by atoms with van der Waals surface area (Å²) in [6, 6.07) is 15.7. The molecule has 0 radical (unpaired) electrons. The molecule has 1 aliphatic heterocycles. The summed E-state index contributed by atoms with van der Waals surface area (Å²) in [5.41, 5.74) is 2.08. The zero-order valence-electron chi connectivity index (χ0n) is 10.2. The lowest BCUT2D eigenvalue weighted by atomic mass is 9.89. The number of hydrogen-bond donors (Lipinski definition) is 0. The van der Waals surface area contributed by atoms with E-state index < -0.39 is 0 Å². The van der Waals surface area contributed by atoms with Crippen molar-refractivity contribution in [1.29, 1.82) is 0 Å². The van der Waals surface area contributed by atoms with Gasteiger partial charge < -0.3 is 4.74 Å². The second-order valence-electron chi connectivity index (χ2n) is 4.61. The fraction of sp³-hybridized carbons (Fsp3) is 0.188. The zero-order valence-corrected chi connectivity index (χ0v) is 10.2. The van der Waals surface area contributed by atoms with Crippen molar-refractivity contribution in [1.82, 2.24) is 0 Å². The SMILES string of the molecule is CC(=O)C1Cc2ccccc2Oc2ccccc21. The molecule has 1 unspecified atom stereocenters. The van der Waals surface area contributed by atoms with Gasteiger partial charge in [0.1, 0.15) is 17.3 Å². The van der Waals surface area contributed by atoms with E-state index in [0.717, 1.165) is 22.6 Å². The fourth-order valence-electron chi connectivity index (χ4n) is 2.44. The van der Waals surface area contributed by atoms with Crippen molar-refractivity contribution in [3.63, 3.8) is 0 Å². The van der Waals surface area contributed by atoms with Gasteiger partial charge in [-0.15, -0.1) is 0 Å². The number of para-hydroxylation sites is 2. The summed E-state index contributed by atoms with van der Waals surface area (Å²) < 4.78 is 5.93. The summed E-state index contributed by atoms with van der Waals surface area (Å²) >= 11 is 0. The molecule has 1 atom stereocenters. The predicted molar refractivity (Wildman–Crippen MR) is 70.1 cm³/mol. The second kappa shape index (κ2) is 4.30. The molecule has 0 aliphatic carbocycles. The average Bonchev–Trinajstić information content (AvgIpc) is 2.55. The predicted octanol–water partition coefficient (Wildman–Crippen LogP) is 3.71. The Kier molecular flexibility index (Phi) is 2.63. The van der Waals surface area contributed by atoms with Crippen LogP contribution in [-0.2, 0) is 11.2 Å². The first-order chi connectivity index (χ1) is 8.75. The molecule has 1 aliphatic rings. The molecule has 0 amide bonds. The van der Waals surface area contributed by atoms with Crippen LogP contribution in [0.5, 0.6) is 11.5 Å². The molecule has 0 bridgehead atoms. The molecule has 2 nitrogen and oxygen atoms in total. The molecular formula is C16H14O2. The van der Waals surface area contributed by atoms with Gasteiger partial charge in [0.25, 0.3) is 0 Å². The minimum absolute atomic E-state index is 0.107. The van der Waals surface area contributed by atoms with Crippen LogP contribution < -0.4 is 4.74 Å². The van der Waals surface area contributed by atoms with E-state index in [1.54, 1.807) is 6.92 Å². The largest absolute Gasteiger partial charge is 0.457 e. The molecule has 18 heavy (non-hydrogen) atoms. The van der Waals surface area contributed by atoms with Crippen molar-refractivity contribution < 1.29 is 9.53 Å². The number of carbonyl (C=O) groups is 1. The number of hydrogen-bond acceptors (Lipinski definition) is 2. The first kappa shape index (κ1) is 11.0. The van der Waals surface area contributed by atoms with Crippen LogP contribution in [-0.4, -0.2) is 5.78 Å². The van der Waals surface area contributed by atoms with Crippen LogP contribution in [0.1, 0.15) is 24.0 Å². The van der Waals surface area contributed by atoms with E-state index in [0.29, 0.717) is 6.42 Å². The van der Waals surface area contributed by atoms with Gasteiger partial charge in [-0.25, -0.2) is 0 Å². The number of fused-ring (bicyclic) bond motifs is 2. The van der Waals surface area contributed by atoms with Gasteiger partial charge in [0.05, 0.1) is 5.92 Å². The Morgan fingerprint density at radius 3 is 2.50 bits per heavy atom. The van der Waals surface area contributed by atoms with Crippen LogP contribution >= 0.6 is 0 Å². The molecule has 0 fully saturated rings. The van der Waals surface area contributed by atoms with Crippen molar-refractivity contribution >= 4 is 5.78 Å². The molecule has 90 valence electrons. The maximum Gasteiger partial charge on any atom is 0.137 e. The molecule has 1 heterocycles. The van der Waals surface area contributed by atoms with Gasteiger partial charge in [0, 0.05) is 5.56 Å². The minimum Gasteiger partial charge on any atom is -0.457 e. The molecule has 0 spiro atoms. The molecule has 2 heteroatoms. The van der Waals surface area contributed by atoms with Crippen molar-refractivity contribution in [3.8, 4) is 11.5 Å². The van der Waals surface area contributed by atoms with E-state index in [1.165, 1.54) is 0 Å². The number of benzene rings is 2. The lowest BCUT2D eigenvalue weighted by Gasteiger charge is -2.12. The lowest BCUT2D eigenvalue weighted by molar-refractivity contribution is -0.118. The van der Waals surface area contributed by atoms with Crippen molar-refractivity contribution in [2.45, 2.75) is 19.3 Å². The molecule has 0 N–H and O–H groups in total. The quantitative estimate of drug-likeness (QED) is 0.757. The summed E-state index contributed by atoms with van der Waals surface area (Å²) in [6.45, 7) is 1.65. The highest BCUT2D eigenvalue weighted by atomic mass is 16.5. The van der Waals surface area contributed by atoms with E-state index in [4.69, 9.17) is 4.74 Å². The van der Waals surface area contributed by atoms with Crippen molar-refractivity contribution in [2.24, 2.45) is 0 Å². The highest BCUT2D eigenvalue weighted by molar-refractivity contribution is 5.85. The first-order valence-electron chi connectivity index (χ1n) is 6.11. The van der Waals surface area contributed by atoms with E-state index in [1.807, 2.05) is 48.5 Å². The van der Waals surface area contributed by atoms with Crippen LogP contribution in [0.4, 0.5) is 0 Å². The molecular weight excluding hydrogens is 224 g/mol. The Hall–Kier alpha value is -2.09. The highest BCUT2D eigenvalue weighted by Crippen LogP contribution is 2.39. The number of carbonyl (C=O) groups excluding carboxylic acids is 1. The average molecular weight is 238 g/mol. The Labute approximate surface area is 106 Å². The van der Waals surface area contributed by atoms with Crippen molar-refractivity contribution in [2.75, 3.05) is 0 Å². The Morgan fingerprint density at radius 2 is 1.72 bits per heavy atom. The number of Topliss-reactive ketones (excluding diaryl/α,β-unsaturated/α-hetero) is 1. The number of ketones is 1. The third kappa shape index (κ3) is 1.80. The summed E-state index contributed by atoms with van der Waals surface area (Å²) in [5.74, 6) is 1.73. The summed E-state index contributed by atoms with van der Waals surface area (Å²) in [5, 5.41) is 0. The van der Waals surface area contributed by atoms with Gasteiger partial charge in [0.15, 0.2) is 0 Å². The summed E-state index contributed by atoms with van der Waals surface area (Å²) in [7, 11) is 0. The third-order valence-corrected chi connectivity index (χ3v) is 3.40. The smallest absolute Gasteiger partial charge is 0.137 e. The fourth-order valence-corrected chi connectivity index (χ4v) is 2.44. The normalized spacial score (nSPS) is 17.1. The highest BCUT2D eigenvalue weighted by Gasteiger charge is 2.25. The molecule has 0 saturated heterocycles. The second-order valence-corrected chi connectivity index (χ2v) is 4.61. The summed E-state index contributed by atoms with van der Waals surface area (Å²) in [4.78, 5) is 11.9. The summed E-state index contributed by atoms with van der Waals surface area (Å²) in [6.07, 6.45) is 0.711. The molecule has 3 rings (SSSR count). The van der Waals surface area contributed by atoms with Crippen LogP contribution in [0.2, 0.25) is 0 Å². The Balaban J connectivity index is 2.17. The van der Waals surface area contributed by atoms with Gasteiger partial charge in [0.2, 0.25) is 0 Å². The van der Waals surface area contributed by atoms with Crippen LogP contribution in [0.15, 0.2) is 48.5 Å². The first-order valence-corrected chi connectivity index (χ1v) is 6.11. The Morgan fingerprint density at radius 1 is 1.06 bits per heavy atom. The molecule has 2 aromatic rings. The van der Waals surface area contributed by atoms with Gasteiger partial charge in [-0.3, -0.25) is 4.79 Å². The monoisotopic (exact) mass is 238 g/mol. The third-order valence-electron chi connectivity index (χ3n) is 3.40. The van der Waals surface area contributed by atoms with Crippen molar-refractivity contribution in [3.05, 3.63) is 59.7 Å². The maximum absolute atomic E-state index is 11.9. The van der Waals surface area contributed by atoms with Crippen LogP contribution in [0, 0.1) is 0 Å². The molecule has 0 aromatic heterocycles. The van der Waals surface area contributed by atoms with E-state index in [-0.39, 0.29) is 11.7 Å². The standard InChI is InChI=1S/C16H14O2/c1-11(17)14-10-12-6-2-4-8-15(12)18-16-9-5-3-7-13(14)16/h2-9,14H,10H2,1H3. The van der Waals surface area contributed by atoms with E-state index >= 15 is 0 Å². The topological polar surface area (TPSA) is 26.3 Å². The van der Waals surface area contributed by atoms with Gasteiger partial charge in [-0.05, 0) is 31.0 Å². The maximum atomic E-state index is 11.9. The Bertz CT molecular complexity index is 602. The number of rotatable bonds is 1.